The van der Waals surface area contributed by atoms with E-state index in [-0.39, 0.29) is 27.5 Å². The van der Waals surface area contributed by atoms with E-state index < -0.39 is 45.3 Å². The van der Waals surface area contributed by atoms with Gasteiger partial charge < -0.3 is 13.9 Å². The fourth-order valence-corrected chi connectivity index (χ4v) is 3.57. The van der Waals surface area contributed by atoms with E-state index in [9.17, 15) is 32.9 Å². The molecule has 3 aromatic carbocycles. The molecule has 0 fully saturated rings. The lowest BCUT2D eigenvalue weighted by Crippen LogP contribution is -2.16. The van der Waals surface area contributed by atoms with E-state index in [0.717, 1.165) is 36.4 Å². The Labute approximate surface area is 210 Å². The number of fused-ring (bicyclic) bond motifs is 1. The third-order valence-corrected chi connectivity index (χ3v) is 5.56. The maximum Gasteiger partial charge on any atom is 0.453 e. The Morgan fingerprint density at radius 1 is 1.05 bits per heavy atom. The standard InChI is InChI=1S/C25H15ClF3NO7/c1-12-3-4-13(2)19(9-12)36-22-21(31)16-7-6-15(11-20(16)37-23(22)25(27,28)29)35-24(32)17-10-14(30(33)34)5-8-18(17)26/h3-11H,1-2H3. The number of nitrogens with zero attached hydrogens (tertiary/aromatic N) is 1. The van der Waals surface area contributed by atoms with Crippen LogP contribution < -0.4 is 14.9 Å². The van der Waals surface area contributed by atoms with Crippen LogP contribution in [0, 0.1) is 24.0 Å². The number of benzene rings is 3. The van der Waals surface area contributed by atoms with Crippen molar-refractivity contribution in [3.8, 4) is 17.2 Å². The van der Waals surface area contributed by atoms with Crippen molar-refractivity contribution in [1.82, 2.24) is 0 Å². The van der Waals surface area contributed by atoms with Gasteiger partial charge in [0.1, 0.15) is 17.1 Å². The maximum absolute atomic E-state index is 13.9. The summed E-state index contributed by atoms with van der Waals surface area (Å²) >= 11 is 5.93. The van der Waals surface area contributed by atoms with E-state index in [1.807, 2.05) is 0 Å². The quantitative estimate of drug-likeness (QED) is 0.117. The molecular formula is C25H15ClF3NO7. The van der Waals surface area contributed by atoms with Crippen LogP contribution in [0.1, 0.15) is 27.2 Å². The van der Waals surface area contributed by atoms with Crippen molar-refractivity contribution in [3.05, 3.63) is 102 Å². The van der Waals surface area contributed by atoms with Gasteiger partial charge in [0.15, 0.2) is 0 Å². The molecule has 0 spiro atoms. The normalized spacial score (nSPS) is 11.4. The first-order chi connectivity index (χ1) is 17.3. The number of ether oxygens (including phenoxy) is 2. The number of non-ortho nitro benzene ring substituents is 1. The molecule has 1 heterocycles. The van der Waals surface area contributed by atoms with Crippen LogP contribution in [0.15, 0.2) is 63.8 Å². The highest BCUT2D eigenvalue weighted by Crippen LogP contribution is 2.39. The summed E-state index contributed by atoms with van der Waals surface area (Å²) in [5.74, 6) is -4.06. The molecule has 0 saturated carbocycles. The zero-order valence-corrected chi connectivity index (χ0v) is 19.8. The fourth-order valence-electron chi connectivity index (χ4n) is 3.37. The van der Waals surface area contributed by atoms with Crippen molar-refractivity contribution in [2.24, 2.45) is 0 Å². The van der Waals surface area contributed by atoms with Crippen LogP contribution >= 0.6 is 11.6 Å². The smallest absolute Gasteiger partial charge is 0.449 e. The first-order valence-corrected chi connectivity index (χ1v) is 10.8. The van der Waals surface area contributed by atoms with Crippen molar-refractivity contribution in [2.75, 3.05) is 0 Å². The molecule has 4 rings (SSSR count). The van der Waals surface area contributed by atoms with Crippen molar-refractivity contribution in [1.29, 1.82) is 0 Å². The number of carbonyl (C=O) groups is 1. The van der Waals surface area contributed by atoms with Crippen molar-refractivity contribution in [2.45, 2.75) is 20.0 Å². The third kappa shape index (κ3) is 5.26. The molecular weight excluding hydrogens is 519 g/mol. The topological polar surface area (TPSA) is 109 Å². The minimum absolute atomic E-state index is 0.0523. The number of carbonyl (C=O) groups excluding carboxylic acids is 1. The molecule has 0 aliphatic rings. The summed E-state index contributed by atoms with van der Waals surface area (Å²) in [7, 11) is 0. The molecule has 37 heavy (non-hydrogen) atoms. The predicted octanol–water partition coefficient (Wildman–Crippen LogP) is 7.00. The van der Waals surface area contributed by atoms with Gasteiger partial charge in [-0.15, -0.1) is 0 Å². The van der Waals surface area contributed by atoms with Gasteiger partial charge in [0.05, 0.1) is 20.9 Å². The number of hydrogen-bond donors (Lipinski definition) is 0. The van der Waals surface area contributed by atoms with E-state index in [1.165, 1.54) is 6.07 Å². The number of nitro groups is 1. The zero-order valence-electron chi connectivity index (χ0n) is 19.0. The van der Waals surface area contributed by atoms with Crippen LogP contribution in [0.4, 0.5) is 18.9 Å². The Kier molecular flexibility index (Phi) is 6.66. The Balaban J connectivity index is 1.77. The molecule has 0 radical (unpaired) electrons. The highest BCUT2D eigenvalue weighted by atomic mass is 35.5. The largest absolute Gasteiger partial charge is 0.453 e. The van der Waals surface area contributed by atoms with Crippen LogP contribution in [0.2, 0.25) is 5.02 Å². The summed E-state index contributed by atoms with van der Waals surface area (Å²) in [5, 5.41) is 10.6. The average molecular weight is 534 g/mol. The first-order valence-electron chi connectivity index (χ1n) is 10.4. The Bertz CT molecular complexity index is 1630. The van der Waals surface area contributed by atoms with Crippen LogP contribution in [-0.2, 0) is 6.18 Å². The van der Waals surface area contributed by atoms with Gasteiger partial charge in [0.25, 0.3) is 11.4 Å². The Hall–Kier alpha value is -4.38. The van der Waals surface area contributed by atoms with Gasteiger partial charge >= 0.3 is 12.1 Å². The van der Waals surface area contributed by atoms with Crippen molar-refractivity contribution < 1.29 is 36.8 Å². The molecule has 8 nitrogen and oxygen atoms in total. The van der Waals surface area contributed by atoms with Gasteiger partial charge in [0, 0.05) is 18.2 Å². The number of aryl methyl sites for hydroxylation is 2. The van der Waals surface area contributed by atoms with Crippen LogP contribution in [0.25, 0.3) is 11.0 Å². The molecule has 0 N–H and O–H groups in total. The predicted molar refractivity (Wildman–Crippen MR) is 127 cm³/mol. The molecule has 12 heteroatoms. The average Bonchev–Trinajstić information content (AvgIpc) is 2.82. The summed E-state index contributed by atoms with van der Waals surface area (Å²) in [6, 6.07) is 11.1. The summed E-state index contributed by atoms with van der Waals surface area (Å²) < 4.78 is 57.1. The SMILES string of the molecule is Cc1ccc(C)c(Oc2c(C(F)(F)F)oc3cc(OC(=O)c4cc([N+](=O)[O-])ccc4Cl)ccc3c2=O)c1. The monoisotopic (exact) mass is 533 g/mol. The molecule has 1 aromatic heterocycles. The van der Waals surface area contributed by atoms with E-state index in [0.29, 0.717) is 11.1 Å². The highest BCUT2D eigenvalue weighted by molar-refractivity contribution is 6.33. The van der Waals surface area contributed by atoms with Crippen molar-refractivity contribution in [3.63, 3.8) is 0 Å². The number of alkyl halides is 3. The highest BCUT2D eigenvalue weighted by Gasteiger charge is 2.40. The fraction of sp³-hybridized carbons (Fsp3) is 0.120. The molecule has 4 aromatic rings. The zero-order chi connectivity index (χ0) is 27.1. The Morgan fingerprint density at radius 2 is 1.78 bits per heavy atom. The number of halogens is 4. The second-order valence-electron chi connectivity index (χ2n) is 7.93. The van der Waals surface area contributed by atoms with Crippen LogP contribution in [0.5, 0.6) is 17.2 Å². The number of esters is 1. The van der Waals surface area contributed by atoms with E-state index in [2.05, 4.69) is 0 Å². The summed E-state index contributed by atoms with van der Waals surface area (Å²) in [4.78, 5) is 35.8. The lowest BCUT2D eigenvalue weighted by atomic mass is 10.1. The minimum Gasteiger partial charge on any atom is -0.449 e. The van der Waals surface area contributed by atoms with Crippen LogP contribution in [0.3, 0.4) is 0 Å². The second-order valence-corrected chi connectivity index (χ2v) is 8.33. The summed E-state index contributed by atoms with van der Waals surface area (Å²) in [5.41, 5.74) is -1.18. The molecule has 0 saturated heterocycles. The van der Waals surface area contributed by atoms with E-state index >= 15 is 0 Å². The molecule has 190 valence electrons. The van der Waals surface area contributed by atoms with Gasteiger partial charge in [-0.2, -0.15) is 13.2 Å². The first kappa shape index (κ1) is 25.7. The minimum atomic E-state index is -5.09. The molecule has 0 amide bonds. The lowest BCUT2D eigenvalue weighted by molar-refractivity contribution is -0.384. The summed E-state index contributed by atoms with van der Waals surface area (Å²) in [6.07, 6.45) is -5.09. The number of hydrogen-bond acceptors (Lipinski definition) is 7. The lowest BCUT2D eigenvalue weighted by Gasteiger charge is -2.15. The number of rotatable bonds is 5. The number of nitro benzene ring substituents is 1. The summed E-state index contributed by atoms with van der Waals surface area (Å²) in [6.45, 7) is 3.32. The van der Waals surface area contributed by atoms with Gasteiger partial charge in [-0.3, -0.25) is 14.9 Å². The molecule has 0 unspecified atom stereocenters. The van der Waals surface area contributed by atoms with Gasteiger partial charge in [0.2, 0.25) is 11.2 Å². The van der Waals surface area contributed by atoms with E-state index in [4.69, 9.17) is 25.5 Å². The molecule has 0 aliphatic heterocycles. The molecule has 0 atom stereocenters. The maximum atomic E-state index is 13.9. The molecule has 0 bridgehead atoms. The molecule has 0 aliphatic carbocycles. The van der Waals surface area contributed by atoms with Crippen molar-refractivity contribution >= 4 is 34.2 Å². The van der Waals surface area contributed by atoms with Crippen LogP contribution in [-0.4, -0.2) is 10.9 Å². The Morgan fingerprint density at radius 3 is 2.46 bits per heavy atom. The van der Waals surface area contributed by atoms with Gasteiger partial charge in [-0.1, -0.05) is 23.7 Å². The van der Waals surface area contributed by atoms with Gasteiger partial charge in [-0.05, 0) is 49.2 Å². The van der Waals surface area contributed by atoms with Gasteiger partial charge in [-0.25, -0.2) is 4.79 Å². The van der Waals surface area contributed by atoms with E-state index in [1.54, 1.807) is 26.0 Å². The third-order valence-electron chi connectivity index (χ3n) is 5.23. The second kappa shape index (κ2) is 9.58.